The average Bonchev–Trinajstić information content (AvgIpc) is 2.75. The molecule has 0 radical (unpaired) electrons. The molecule has 1 aromatic rings. The van der Waals surface area contributed by atoms with Crippen LogP contribution in [0.2, 0.25) is 0 Å². The number of ether oxygens (including phenoxy) is 2. The van der Waals surface area contributed by atoms with Gasteiger partial charge in [0, 0.05) is 11.2 Å². The summed E-state index contributed by atoms with van der Waals surface area (Å²) in [6, 6.07) is 2.20. The van der Waals surface area contributed by atoms with E-state index in [0.29, 0.717) is 10.6 Å². The molecule has 0 saturated carbocycles. The number of fused-ring (bicyclic) bond motifs is 3. The van der Waals surface area contributed by atoms with Gasteiger partial charge in [-0.05, 0) is 32.6 Å². The fourth-order valence-corrected chi connectivity index (χ4v) is 6.52. The predicted molar refractivity (Wildman–Crippen MR) is 118 cm³/mol. The Kier molecular flexibility index (Phi) is 5.46. The lowest BCUT2D eigenvalue weighted by Crippen LogP contribution is -2.64. The molecule has 1 amide bonds. The van der Waals surface area contributed by atoms with Gasteiger partial charge in [0.25, 0.3) is 5.91 Å². The molecule has 0 bridgehead atoms. The normalized spacial score (nSPS) is 29.0. The number of carbonyl (C=O) groups excluding carboxylic acids is 3. The molecule has 33 heavy (non-hydrogen) atoms. The second kappa shape index (κ2) is 7.79. The van der Waals surface area contributed by atoms with Crippen LogP contribution in [0.4, 0.5) is 0 Å². The molecule has 0 aromatic heterocycles. The number of nitrogens with zero attached hydrogens (tertiary/aromatic N) is 1. The van der Waals surface area contributed by atoms with Crippen molar-refractivity contribution in [3.8, 4) is 11.5 Å². The van der Waals surface area contributed by atoms with E-state index in [4.69, 9.17) is 15.2 Å². The van der Waals surface area contributed by atoms with Crippen molar-refractivity contribution in [2.45, 2.75) is 28.2 Å². The van der Waals surface area contributed by atoms with Gasteiger partial charge < -0.3 is 30.5 Å². The van der Waals surface area contributed by atoms with E-state index >= 15 is 0 Å². The smallest absolute Gasteiger partial charge is 0.255 e. The van der Waals surface area contributed by atoms with E-state index in [9.17, 15) is 29.7 Å². The Labute approximate surface area is 193 Å². The van der Waals surface area contributed by atoms with Crippen molar-refractivity contribution in [3.63, 3.8) is 0 Å². The first kappa shape index (κ1) is 23.1. The molecule has 4 rings (SSSR count). The van der Waals surface area contributed by atoms with Crippen molar-refractivity contribution in [2.24, 2.45) is 11.7 Å². The summed E-state index contributed by atoms with van der Waals surface area (Å²) < 4.78 is 10.7. The van der Waals surface area contributed by atoms with E-state index in [2.05, 4.69) is 0 Å². The molecule has 4 unspecified atom stereocenters. The van der Waals surface area contributed by atoms with Crippen LogP contribution in [0.3, 0.4) is 0 Å². The lowest BCUT2D eigenvalue weighted by Gasteiger charge is -2.49. The van der Waals surface area contributed by atoms with Crippen molar-refractivity contribution < 1.29 is 39.2 Å². The Morgan fingerprint density at radius 2 is 1.79 bits per heavy atom. The van der Waals surface area contributed by atoms with Crippen LogP contribution < -0.4 is 15.2 Å². The second-order valence-electron chi connectivity index (χ2n) is 8.34. The van der Waals surface area contributed by atoms with Gasteiger partial charge in [0.15, 0.2) is 11.4 Å². The third kappa shape index (κ3) is 2.99. The molecule has 3 aliphatic rings. The summed E-state index contributed by atoms with van der Waals surface area (Å²) in [5, 5.41) is 32.9. The minimum Gasteiger partial charge on any atom is -0.510 e. The number of carbonyl (C=O) groups is 3. The number of benzene rings is 1. The minimum absolute atomic E-state index is 0.0385. The molecule has 0 fully saturated rings. The number of methoxy groups -OCH3 is 2. The number of hydrogen-bond donors (Lipinski definition) is 4. The lowest BCUT2D eigenvalue weighted by molar-refractivity contribution is -0.147. The molecule has 0 spiro atoms. The van der Waals surface area contributed by atoms with E-state index in [1.165, 1.54) is 30.9 Å². The van der Waals surface area contributed by atoms with Gasteiger partial charge in [-0.3, -0.25) is 19.3 Å². The van der Waals surface area contributed by atoms with Crippen molar-refractivity contribution in [1.82, 2.24) is 4.90 Å². The van der Waals surface area contributed by atoms with Crippen molar-refractivity contribution >= 4 is 29.2 Å². The summed E-state index contributed by atoms with van der Waals surface area (Å²) in [5.74, 6) is -4.90. The Balaban J connectivity index is 1.98. The van der Waals surface area contributed by atoms with Crippen molar-refractivity contribution in [1.29, 1.82) is 0 Å². The highest BCUT2D eigenvalue weighted by atomic mass is 32.2. The Morgan fingerprint density at radius 3 is 2.33 bits per heavy atom. The molecule has 2 aliphatic carbocycles. The Bertz CT molecular complexity index is 1160. The van der Waals surface area contributed by atoms with Gasteiger partial charge >= 0.3 is 0 Å². The zero-order valence-electron chi connectivity index (χ0n) is 18.4. The number of ketones is 2. The molecule has 4 atom stereocenters. The summed E-state index contributed by atoms with van der Waals surface area (Å²) in [7, 11) is 6.04. The lowest BCUT2D eigenvalue weighted by atomic mass is 9.63. The van der Waals surface area contributed by atoms with Gasteiger partial charge in [-0.25, -0.2) is 0 Å². The molecular formula is C22H24N2O8S. The highest BCUT2D eigenvalue weighted by Gasteiger charge is 2.63. The molecule has 176 valence electrons. The molecule has 1 heterocycles. The van der Waals surface area contributed by atoms with Gasteiger partial charge in [0.05, 0.1) is 36.3 Å². The number of aliphatic hydroxyl groups excluding tert-OH is 2. The molecule has 11 heteroatoms. The molecular weight excluding hydrogens is 452 g/mol. The van der Waals surface area contributed by atoms with Gasteiger partial charge in [0.1, 0.15) is 28.6 Å². The van der Waals surface area contributed by atoms with Crippen LogP contribution in [0.1, 0.15) is 16.8 Å². The predicted octanol–water partition coefficient (Wildman–Crippen LogP) is 0.734. The highest BCUT2D eigenvalue weighted by molar-refractivity contribution is 8.00. The summed E-state index contributed by atoms with van der Waals surface area (Å²) >= 11 is 1.23. The molecule has 5 N–H and O–H groups in total. The highest BCUT2D eigenvalue weighted by Crippen LogP contribution is 2.55. The number of nitrogens with two attached hydrogens (primary N) is 1. The number of thioether (sulfide) groups is 1. The summed E-state index contributed by atoms with van der Waals surface area (Å²) in [6.45, 7) is 0. The SMILES string of the molecule is COc1ccc(OC)c2c1SC1CC3C(N(C)C)C(O)=C(C(N)=O)C(=O)C3(O)C(O)=C1C2=O. The summed E-state index contributed by atoms with van der Waals surface area (Å²) in [4.78, 5) is 40.8. The monoisotopic (exact) mass is 476 g/mol. The maximum absolute atomic E-state index is 13.6. The summed E-state index contributed by atoms with van der Waals surface area (Å²) in [6.07, 6.45) is 0.0385. The Hall–Kier alpha value is -3.02. The zero-order valence-corrected chi connectivity index (χ0v) is 19.2. The van der Waals surface area contributed by atoms with Crippen molar-refractivity contribution in [3.05, 3.63) is 40.4 Å². The van der Waals surface area contributed by atoms with Gasteiger partial charge in [-0.2, -0.15) is 0 Å². The molecule has 1 aromatic carbocycles. The number of primary amides is 1. The quantitative estimate of drug-likeness (QED) is 0.456. The topological polar surface area (TPSA) is 160 Å². The van der Waals surface area contributed by atoms with E-state index in [1.807, 2.05) is 0 Å². The number of hydrogen-bond acceptors (Lipinski definition) is 10. The average molecular weight is 477 g/mol. The third-order valence-corrected chi connectivity index (χ3v) is 7.84. The fraction of sp³-hybridized carbons (Fsp3) is 0.409. The molecule has 1 aliphatic heterocycles. The molecule has 0 saturated heterocycles. The maximum Gasteiger partial charge on any atom is 0.255 e. The van der Waals surface area contributed by atoms with Crippen LogP contribution >= 0.6 is 11.8 Å². The van der Waals surface area contributed by atoms with E-state index in [1.54, 1.807) is 26.2 Å². The van der Waals surface area contributed by atoms with Crippen LogP contribution in [-0.2, 0) is 9.59 Å². The van der Waals surface area contributed by atoms with Crippen molar-refractivity contribution in [2.75, 3.05) is 28.3 Å². The first-order valence-electron chi connectivity index (χ1n) is 10.1. The van der Waals surface area contributed by atoms with Crippen LogP contribution in [0, 0.1) is 5.92 Å². The number of rotatable bonds is 4. The fourth-order valence-electron chi connectivity index (χ4n) is 5.02. The Morgan fingerprint density at radius 1 is 1.18 bits per heavy atom. The van der Waals surface area contributed by atoms with Crippen LogP contribution in [0.5, 0.6) is 11.5 Å². The third-order valence-electron chi connectivity index (χ3n) is 6.49. The zero-order chi connectivity index (χ0) is 24.4. The van der Waals surface area contributed by atoms with Gasteiger partial charge in [-0.15, -0.1) is 11.8 Å². The number of amides is 1. The van der Waals surface area contributed by atoms with E-state index in [-0.39, 0.29) is 23.3 Å². The van der Waals surface area contributed by atoms with Gasteiger partial charge in [0.2, 0.25) is 5.78 Å². The standard InChI is InChI=1S/C22H24N2O8S/c1-24(2)15-8-7-11-13(19(27)22(8,30)20(28)14(17(15)26)21(23)29)16(25)12-9(31-3)5-6-10(32-4)18(12)33-11/h5-6,8,11,15,26-27,30H,7H2,1-4H3,(H2,23,29). The van der Waals surface area contributed by atoms with E-state index < -0.39 is 57.4 Å². The first-order valence-corrected chi connectivity index (χ1v) is 10.9. The number of Topliss-reactive ketones (excluding diaryl/α,β-unsaturated/α-hetero) is 2. The van der Waals surface area contributed by atoms with Crippen LogP contribution in [0.15, 0.2) is 39.7 Å². The van der Waals surface area contributed by atoms with Crippen LogP contribution in [-0.4, -0.2) is 82.9 Å². The molecule has 10 nitrogen and oxygen atoms in total. The second-order valence-corrected chi connectivity index (χ2v) is 9.56. The largest absolute Gasteiger partial charge is 0.510 e. The van der Waals surface area contributed by atoms with E-state index in [0.717, 1.165) is 0 Å². The van der Waals surface area contributed by atoms with Gasteiger partial charge in [-0.1, -0.05) is 0 Å². The first-order chi connectivity index (χ1) is 15.5. The number of aliphatic hydroxyl groups is 3. The van der Waals surface area contributed by atoms with Crippen LogP contribution in [0.25, 0.3) is 0 Å². The summed E-state index contributed by atoms with van der Waals surface area (Å²) in [5.41, 5.74) is 1.89. The maximum atomic E-state index is 13.6. The minimum atomic E-state index is -2.61. The number of likely N-dealkylation sites (N-methyl/N-ethyl adjacent to an activating group) is 1.